The number of ether oxygens (including phenoxy) is 2. The zero-order chi connectivity index (χ0) is 21.3. The van der Waals surface area contributed by atoms with Crippen molar-refractivity contribution < 1.29 is 9.47 Å². The molecule has 0 aromatic heterocycles. The normalized spacial score (nSPS) is 20.8. The second-order valence-electron chi connectivity index (χ2n) is 9.48. The molecule has 1 saturated heterocycles. The highest BCUT2D eigenvalue weighted by molar-refractivity contribution is 5.35. The summed E-state index contributed by atoms with van der Waals surface area (Å²) in [5.74, 6) is 2.29. The average Bonchev–Trinajstić information content (AvgIpc) is 3.08. The summed E-state index contributed by atoms with van der Waals surface area (Å²) in [5, 5.41) is 0. The Hall–Kier alpha value is -1.00. The third-order valence-corrected chi connectivity index (χ3v) is 6.81. The Labute approximate surface area is 180 Å². The number of hydrogen-bond donors (Lipinski definition) is 0. The molecule has 0 bridgehead atoms. The summed E-state index contributed by atoms with van der Waals surface area (Å²) in [5.41, 5.74) is 0.00466. The zero-order valence-corrected chi connectivity index (χ0v) is 20.1. The summed E-state index contributed by atoms with van der Waals surface area (Å²) in [7, 11) is 8.01. The number of methoxy groups -OCH3 is 2. The number of nitrogens with zero attached hydrogens (tertiary/aromatic N) is 2. The molecule has 1 heterocycles. The van der Waals surface area contributed by atoms with Crippen LogP contribution < -0.4 is 0 Å². The summed E-state index contributed by atoms with van der Waals surface area (Å²) >= 11 is 0. The highest BCUT2D eigenvalue weighted by Crippen LogP contribution is 2.53. The molecule has 1 spiro atoms. The lowest BCUT2D eigenvalue weighted by Gasteiger charge is -2.42. The van der Waals surface area contributed by atoms with Crippen molar-refractivity contribution in [2.24, 2.45) is 10.8 Å². The van der Waals surface area contributed by atoms with Gasteiger partial charge in [0.15, 0.2) is 0 Å². The van der Waals surface area contributed by atoms with Gasteiger partial charge in [0.05, 0.1) is 19.6 Å². The summed E-state index contributed by atoms with van der Waals surface area (Å²) in [4.78, 5) is 4.93. The molecule has 0 amide bonds. The van der Waals surface area contributed by atoms with Gasteiger partial charge in [-0.25, -0.2) is 0 Å². The molecular weight excluding hydrogens is 360 g/mol. The highest BCUT2D eigenvalue weighted by atomic mass is 16.5. The predicted octanol–water partition coefficient (Wildman–Crippen LogP) is 5.46. The third-order valence-electron chi connectivity index (χ3n) is 6.81. The van der Waals surface area contributed by atoms with Gasteiger partial charge in [-0.2, -0.15) is 0 Å². The molecule has 0 saturated carbocycles. The second-order valence-corrected chi connectivity index (χ2v) is 9.48. The number of unbranched alkanes of at least 4 members (excludes halogenated alkanes) is 3. The van der Waals surface area contributed by atoms with Crippen LogP contribution in [0.25, 0.3) is 0 Å². The molecule has 0 aromatic rings. The number of hydrogen-bond acceptors (Lipinski definition) is 4. The SMILES string of the molecule is CCCC1(CCC)C(OC)=CC2(C=C1OC)CCN(CCCCCCN(C)C)C2. The monoisotopic (exact) mass is 406 g/mol. The van der Waals surface area contributed by atoms with Crippen LogP contribution in [0.1, 0.15) is 71.6 Å². The molecule has 0 atom stereocenters. The van der Waals surface area contributed by atoms with Crippen molar-refractivity contribution in [3.63, 3.8) is 0 Å². The fraction of sp³-hybridized carbons (Fsp3) is 0.840. The molecule has 1 aliphatic carbocycles. The maximum Gasteiger partial charge on any atom is 0.106 e. The fourth-order valence-electron chi connectivity index (χ4n) is 5.43. The first kappa shape index (κ1) is 24.3. The Bertz CT molecular complexity index is 523. The van der Waals surface area contributed by atoms with Gasteiger partial charge in [0, 0.05) is 12.0 Å². The maximum absolute atomic E-state index is 6.03. The van der Waals surface area contributed by atoms with Gasteiger partial charge in [-0.1, -0.05) is 39.5 Å². The van der Waals surface area contributed by atoms with Crippen LogP contribution >= 0.6 is 0 Å². The second kappa shape index (κ2) is 11.4. The molecule has 0 unspecified atom stereocenters. The average molecular weight is 407 g/mol. The summed E-state index contributed by atoms with van der Waals surface area (Å²) < 4.78 is 12.1. The van der Waals surface area contributed by atoms with E-state index < -0.39 is 0 Å². The smallest absolute Gasteiger partial charge is 0.106 e. The standard InChI is InChI=1S/C25H46N2O2/c1-7-13-25(14-8-2)22(28-5)19-24(20-23(25)29-6)15-18-27(21-24)17-12-10-9-11-16-26(3)4/h19-20H,7-18,21H2,1-6H3. The van der Waals surface area contributed by atoms with Gasteiger partial charge in [-0.15, -0.1) is 0 Å². The molecule has 29 heavy (non-hydrogen) atoms. The van der Waals surface area contributed by atoms with Crippen molar-refractivity contribution >= 4 is 0 Å². The van der Waals surface area contributed by atoms with Crippen molar-refractivity contribution in [3.05, 3.63) is 23.7 Å². The topological polar surface area (TPSA) is 24.9 Å². The van der Waals surface area contributed by atoms with Gasteiger partial charge in [-0.05, 0) is 78.0 Å². The summed E-state index contributed by atoms with van der Waals surface area (Å²) in [6, 6.07) is 0. The first-order chi connectivity index (χ1) is 13.9. The van der Waals surface area contributed by atoms with Crippen molar-refractivity contribution in [3.8, 4) is 0 Å². The molecule has 0 aromatic carbocycles. The quantitative estimate of drug-likeness (QED) is 0.379. The molecule has 0 radical (unpaired) electrons. The minimum Gasteiger partial charge on any atom is -0.500 e. The van der Waals surface area contributed by atoms with E-state index in [0.29, 0.717) is 0 Å². The van der Waals surface area contributed by atoms with Gasteiger partial charge in [0.1, 0.15) is 11.5 Å². The lowest BCUT2D eigenvalue weighted by Crippen LogP contribution is -2.36. The van der Waals surface area contributed by atoms with E-state index >= 15 is 0 Å². The predicted molar refractivity (Wildman–Crippen MR) is 123 cm³/mol. The minimum atomic E-state index is -0.0713. The summed E-state index contributed by atoms with van der Waals surface area (Å²) in [6.45, 7) is 9.22. The zero-order valence-electron chi connectivity index (χ0n) is 20.1. The van der Waals surface area contributed by atoms with E-state index in [0.717, 1.165) is 43.7 Å². The van der Waals surface area contributed by atoms with E-state index in [-0.39, 0.29) is 10.8 Å². The summed E-state index contributed by atoms with van der Waals surface area (Å²) in [6.07, 6.45) is 15.8. The molecule has 0 N–H and O–H groups in total. The van der Waals surface area contributed by atoms with Crippen LogP contribution in [0.5, 0.6) is 0 Å². The van der Waals surface area contributed by atoms with Gasteiger partial charge in [-0.3, -0.25) is 0 Å². The van der Waals surface area contributed by atoms with E-state index in [1.807, 2.05) is 14.2 Å². The van der Waals surface area contributed by atoms with Crippen molar-refractivity contribution in [2.45, 2.75) is 71.6 Å². The van der Waals surface area contributed by atoms with Gasteiger partial charge < -0.3 is 19.3 Å². The number of rotatable bonds is 13. The molecular formula is C25H46N2O2. The van der Waals surface area contributed by atoms with Crippen LogP contribution in [0.4, 0.5) is 0 Å². The molecule has 1 aliphatic heterocycles. The lowest BCUT2D eigenvalue weighted by atomic mass is 9.67. The van der Waals surface area contributed by atoms with Crippen LogP contribution in [0.2, 0.25) is 0 Å². The fourth-order valence-corrected chi connectivity index (χ4v) is 5.43. The lowest BCUT2D eigenvalue weighted by molar-refractivity contribution is 0.0936. The Balaban J connectivity index is 2.02. The van der Waals surface area contributed by atoms with Crippen LogP contribution in [0, 0.1) is 10.8 Å². The molecule has 4 heteroatoms. The van der Waals surface area contributed by atoms with Crippen molar-refractivity contribution in [1.82, 2.24) is 9.80 Å². The van der Waals surface area contributed by atoms with Crippen molar-refractivity contribution in [1.29, 1.82) is 0 Å². The minimum absolute atomic E-state index is 0.0713. The first-order valence-electron chi connectivity index (χ1n) is 11.9. The Morgan fingerprint density at radius 3 is 2.03 bits per heavy atom. The Kier molecular flexibility index (Phi) is 9.55. The number of likely N-dealkylation sites (tertiary alicyclic amines) is 1. The van der Waals surface area contributed by atoms with Crippen molar-refractivity contribution in [2.75, 3.05) is 54.5 Å². The molecule has 1 fully saturated rings. The van der Waals surface area contributed by atoms with Crippen LogP contribution in [-0.2, 0) is 9.47 Å². The largest absolute Gasteiger partial charge is 0.500 e. The first-order valence-corrected chi connectivity index (χ1v) is 11.9. The highest BCUT2D eigenvalue weighted by Gasteiger charge is 2.48. The third kappa shape index (κ3) is 6.01. The van der Waals surface area contributed by atoms with Crippen LogP contribution in [0.15, 0.2) is 23.7 Å². The van der Waals surface area contributed by atoms with Crippen LogP contribution in [-0.4, -0.2) is 64.3 Å². The molecule has 168 valence electrons. The van der Waals surface area contributed by atoms with E-state index in [2.05, 4.69) is 49.9 Å². The van der Waals surface area contributed by atoms with Gasteiger partial charge in [0.2, 0.25) is 0 Å². The van der Waals surface area contributed by atoms with E-state index in [4.69, 9.17) is 9.47 Å². The van der Waals surface area contributed by atoms with E-state index in [9.17, 15) is 0 Å². The van der Waals surface area contributed by atoms with E-state index in [1.165, 1.54) is 51.7 Å². The Morgan fingerprint density at radius 1 is 0.931 bits per heavy atom. The maximum atomic E-state index is 6.03. The van der Waals surface area contributed by atoms with E-state index in [1.54, 1.807) is 0 Å². The molecule has 4 nitrogen and oxygen atoms in total. The van der Waals surface area contributed by atoms with Crippen LogP contribution in [0.3, 0.4) is 0 Å². The Morgan fingerprint density at radius 2 is 1.52 bits per heavy atom. The molecule has 2 rings (SSSR count). The molecule has 2 aliphatic rings. The van der Waals surface area contributed by atoms with Gasteiger partial charge in [0.25, 0.3) is 0 Å². The van der Waals surface area contributed by atoms with Gasteiger partial charge >= 0.3 is 0 Å².